The predicted molar refractivity (Wildman–Crippen MR) is 101 cm³/mol. The van der Waals surface area contributed by atoms with E-state index in [-0.39, 0.29) is 10.0 Å². The van der Waals surface area contributed by atoms with Crippen molar-refractivity contribution in [2.45, 2.75) is 0 Å². The molecule has 8 heteroatoms. The maximum absolute atomic E-state index is 6.55. The molecule has 5 rings (SSSR count). The molecule has 0 saturated carbocycles. The van der Waals surface area contributed by atoms with Crippen molar-refractivity contribution in [3.8, 4) is 23.0 Å². The minimum atomic E-state index is 0.236. The zero-order valence-corrected chi connectivity index (χ0v) is 15.7. The lowest BCUT2D eigenvalue weighted by Crippen LogP contribution is -2.22. The summed E-state index contributed by atoms with van der Waals surface area (Å²) in [5, 5.41) is 2.05. The second-order valence-corrected chi connectivity index (χ2v) is 7.15. The molecule has 0 bridgehead atoms. The molecule has 2 heterocycles. The second-order valence-electron chi connectivity index (χ2n) is 5.58. The third-order valence-corrected chi connectivity index (χ3v) is 5.33. The molecule has 3 aromatic rings. The Morgan fingerprint density at radius 1 is 0.615 bits per heavy atom. The summed E-state index contributed by atoms with van der Waals surface area (Å²) in [4.78, 5) is 9.06. The minimum absolute atomic E-state index is 0.236. The summed E-state index contributed by atoms with van der Waals surface area (Å²) in [5.74, 6) is 1.57. The Morgan fingerprint density at radius 3 is 1.46 bits per heavy atom. The van der Waals surface area contributed by atoms with Crippen LogP contribution in [0.4, 0.5) is 11.4 Å². The molecule has 2 aliphatic heterocycles. The van der Waals surface area contributed by atoms with E-state index in [4.69, 9.17) is 55.9 Å². The first-order chi connectivity index (χ1) is 12.5. The fourth-order valence-electron chi connectivity index (χ4n) is 2.82. The number of hydrogen-bond acceptors (Lipinski definition) is 4. The van der Waals surface area contributed by atoms with E-state index in [1.165, 1.54) is 0 Å². The fraction of sp³-hybridized carbons (Fsp3) is 0. The molecule has 128 valence electrons. The van der Waals surface area contributed by atoms with Crippen molar-refractivity contribution in [2.24, 2.45) is 9.98 Å². The van der Waals surface area contributed by atoms with Crippen LogP contribution in [-0.2, 0) is 0 Å². The van der Waals surface area contributed by atoms with Crippen LogP contribution in [0.5, 0.6) is 23.0 Å². The SMILES string of the molecule is Clc1cccc2c1N=c1c(Cl)c3c(c(Cl)c1O2)=Nc1c(Cl)cccc1O3. The Bertz CT molecular complexity index is 1140. The van der Waals surface area contributed by atoms with Crippen LogP contribution < -0.4 is 20.2 Å². The van der Waals surface area contributed by atoms with Crippen LogP contribution in [0, 0.1) is 0 Å². The smallest absolute Gasteiger partial charge is 0.175 e. The van der Waals surface area contributed by atoms with Gasteiger partial charge in [-0.1, -0.05) is 58.5 Å². The summed E-state index contributed by atoms with van der Waals surface area (Å²) in [6.45, 7) is 0. The molecule has 0 saturated heterocycles. The highest BCUT2D eigenvalue weighted by atomic mass is 35.5. The lowest BCUT2D eigenvalue weighted by atomic mass is 10.2. The van der Waals surface area contributed by atoms with Gasteiger partial charge in [0.25, 0.3) is 0 Å². The van der Waals surface area contributed by atoms with Gasteiger partial charge in [0.15, 0.2) is 23.0 Å². The van der Waals surface area contributed by atoms with Gasteiger partial charge < -0.3 is 9.47 Å². The van der Waals surface area contributed by atoms with Gasteiger partial charge in [0.2, 0.25) is 0 Å². The van der Waals surface area contributed by atoms with E-state index in [0.717, 1.165) is 0 Å². The van der Waals surface area contributed by atoms with Crippen molar-refractivity contribution in [2.75, 3.05) is 0 Å². The molecule has 3 aromatic carbocycles. The average Bonchev–Trinajstić information content (AvgIpc) is 2.65. The van der Waals surface area contributed by atoms with Gasteiger partial charge in [-0.05, 0) is 24.3 Å². The highest BCUT2D eigenvalue weighted by Crippen LogP contribution is 2.45. The largest absolute Gasteiger partial charge is 0.451 e. The molecule has 0 fully saturated rings. The van der Waals surface area contributed by atoms with E-state index < -0.39 is 0 Å². The topological polar surface area (TPSA) is 43.2 Å². The molecular formula is C18H6Cl4N2O2. The molecule has 0 spiro atoms. The Hall–Kier alpha value is -1.98. The van der Waals surface area contributed by atoms with Crippen molar-refractivity contribution in [1.82, 2.24) is 0 Å². The molecule has 4 nitrogen and oxygen atoms in total. The molecule has 0 unspecified atom stereocenters. The average molecular weight is 424 g/mol. The molecule has 0 aliphatic carbocycles. The Labute approximate surface area is 167 Å². The number of halogens is 4. The first-order valence-electron chi connectivity index (χ1n) is 7.45. The van der Waals surface area contributed by atoms with E-state index >= 15 is 0 Å². The van der Waals surface area contributed by atoms with Crippen molar-refractivity contribution in [3.63, 3.8) is 0 Å². The van der Waals surface area contributed by atoms with Crippen LogP contribution in [0.1, 0.15) is 0 Å². The van der Waals surface area contributed by atoms with Gasteiger partial charge in [0.1, 0.15) is 32.1 Å². The molecule has 0 amide bonds. The van der Waals surface area contributed by atoms with E-state index in [1.807, 2.05) is 0 Å². The first kappa shape index (κ1) is 16.2. The van der Waals surface area contributed by atoms with Gasteiger partial charge in [-0.25, -0.2) is 9.98 Å². The minimum Gasteiger partial charge on any atom is -0.451 e. The Morgan fingerprint density at radius 2 is 1.04 bits per heavy atom. The van der Waals surface area contributed by atoms with Crippen LogP contribution in [0.3, 0.4) is 0 Å². The van der Waals surface area contributed by atoms with Gasteiger partial charge in [0.05, 0.1) is 10.0 Å². The van der Waals surface area contributed by atoms with E-state index in [0.29, 0.717) is 55.1 Å². The van der Waals surface area contributed by atoms with Gasteiger partial charge in [-0.15, -0.1) is 0 Å². The molecule has 26 heavy (non-hydrogen) atoms. The summed E-state index contributed by atoms with van der Waals surface area (Å²) in [6, 6.07) is 10.5. The zero-order valence-electron chi connectivity index (χ0n) is 12.7. The highest BCUT2D eigenvalue weighted by molar-refractivity contribution is 6.36. The lowest BCUT2D eigenvalue weighted by Gasteiger charge is -2.21. The molecule has 2 aliphatic rings. The third-order valence-electron chi connectivity index (χ3n) is 4.02. The van der Waals surface area contributed by atoms with Gasteiger partial charge >= 0.3 is 0 Å². The maximum atomic E-state index is 6.55. The van der Waals surface area contributed by atoms with Crippen LogP contribution in [-0.4, -0.2) is 0 Å². The zero-order chi connectivity index (χ0) is 18.0. The van der Waals surface area contributed by atoms with Gasteiger partial charge in [-0.3, -0.25) is 0 Å². The number of benzene rings is 3. The summed E-state index contributed by atoms with van der Waals surface area (Å²) >= 11 is 25.5. The van der Waals surface area contributed by atoms with E-state index in [2.05, 4.69) is 9.98 Å². The number of fused-ring (bicyclic) bond motifs is 4. The number of ether oxygens (including phenoxy) is 2. The highest BCUT2D eigenvalue weighted by Gasteiger charge is 2.28. The summed E-state index contributed by atoms with van der Waals surface area (Å²) in [7, 11) is 0. The number of hydrogen-bond donors (Lipinski definition) is 0. The summed E-state index contributed by atoms with van der Waals surface area (Å²) in [6.07, 6.45) is 0. The Kier molecular flexibility index (Phi) is 3.59. The maximum Gasteiger partial charge on any atom is 0.175 e. The van der Waals surface area contributed by atoms with E-state index in [9.17, 15) is 0 Å². The standard InChI is InChI=1S/C18H6Cl4N2O2/c19-7-3-1-5-9-13(7)23-15-12(22)18-16(11(21)17(15)25-9)24-14-8(20)4-2-6-10(14)26-18/h1-6H. The molecule has 0 N–H and O–H groups in total. The van der Waals surface area contributed by atoms with Crippen LogP contribution >= 0.6 is 46.4 Å². The predicted octanol–water partition coefficient (Wildman–Crippen LogP) is 6.41. The van der Waals surface area contributed by atoms with Crippen LogP contribution in [0.25, 0.3) is 0 Å². The molecule has 0 aromatic heterocycles. The molecule has 0 atom stereocenters. The Balaban J connectivity index is 1.88. The quantitative estimate of drug-likeness (QED) is 0.288. The number of nitrogens with zero attached hydrogens (tertiary/aromatic N) is 2. The number of rotatable bonds is 0. The van der Waals surface area contributed by atoms with E-state index in [1.54, 1.807) is 36.4 Å². The van der Waals surface area contributed by atoms with Gasteiger partial charge in [0, 0.05) is 0 Å². The third kappa shape index (κ3) is 2.23. The van der Waals surface area contributed by atoms with Crippen LogP contribution in [0.2, 0.25) is 20.1 Å². The molecule has 0 radical (unpaired) electrons. The van der Waals surface area contributed by atoms with Crippen molar-refractivity contribution in [3.05, 3.63) is 67.2 Å². The summed E-state index contributed by atoms with van der Waals surface area (Å²) in [5.41, 5.74) is 0.964. The normalized spacial score (nSPS) is 13.1. The second kappa shape index (κ2) is 5.76. The number of para-hydroxylation sites is 2. The molecular weight excluding hydrogens is 418 g/mol. The monoisotopic (exact) mass is 422 g/mol. The van der Waals surface area contributed by atoms with Crippen LogP contribution in [0.15, 0.2) is 46.4 Å². The first-order valence-corrected chi connectivity index (χ1v) is 8.97. The van der Waals surface area contributed by atoms with Crippen molar-refractivity contribution in [1.29, 1.82) is 0 Å². The van der Waals surface area contributed by atoms with Gasteiger partial charge in [-0.2, -0.15) is 0 Å². The lowest BCUT2D eigenvalue weighted by molar-refractivity contribution is 0.451. The summed E-state index contributed by atoms with van der Waals surface area (Å²) < 4.78 is 11.8. The van der Waals surface area contributed by atoms with Crippen molar-refractivity contribution >= 4 is 57.8 Å². The fourth-order valence-corrected chi connectivity index (χ4v) is 3.75. The van der Waals surface area contributed by atoms with Crippen molar-refractivity contribution < 1.29 is 9.47 Å².